The Morgan fingerprint density at radius 2 is 1.90 bits per heavy atom. The average Bonchev–Trinajstić information content (AvgIpc) is 3.47. The van der Waals surface area contributed by atoms with Crippen molar-refractivity contribution in [2.75, 3.05) is 31.5 Å². The van der Waals surface area contributed by atoms with Crippen LogP contribution in [0.15, 0.2) is 64.2 Å². The van der Waals surface area contributed by atoms with Crippen LogP contribution < -0.4 is 9.46 Å². The minimum Gasteiger partial charge on any atom is -0.488 e. The van der Waals surface area contributed by atoms with E-state index < -0.39 is 39.8 Å². The Kier molecular flexibility index (Phi) is 9.32. The molecule has 1 aliphatic heterocycles. The smallest absolute Gasteiger partial charge is 0.416 e. The molecule has 0 aliphatic carbocycles. The molecule has 0 radical (unpaired) electrons. The van der Waals surface area contributed by atoms with E-state index >= 15 is 0 Å². The normalized spacial score (nSPS) is 18.8. The lowest BCUT2D eigenvalue weighted by Gasteiger charge is -2.38. The first kappa shape index (κ1) is 30.8. The Labute approximate surface area is 241 Å². The molecule has 4 rings (SSSR count). The fourth-order valence-electron chi connectivity index (χ4n) is 4.61. The van der Waals surface area contributed by atoms with Gasteiger partial charge in [-0.15, -0.1) is 11.3 Å². The van der Waals surface area contributed by atoms with Gasteiger partial charge in [0.25, 0.3) is 15.9 Å². The fourth-order valence-corrected chi connectivity index (χ4v) is 6.65. The zero-order valence-electron chi connectivity index (χ0n) is 22.8. The van der Waals surface area contributed by atoms with Crippen LogP contribution in [0.25, 0.3) is 0 Å². The fraction of sp³-hybridized carbons (Fsp3) is 0.393. The van der Waals surface area contributed by atoms with Crippen LogP contribution in [0, 0.1) is 5.92 Å². The van der Waals surface area contributed by atoms with E-state index in [9.17, 15) is 31.5 Å². The highest BCUT2D eigenvalue weighted by Gasteiger charge is 2.34. The van der Waals surface area contributed by atoms with Crippen molar-refractivity contribution in [1.82, 2.24) is 9.80 Å². The summed E-state index contributed by atoms with van der Waals surface area (Å²) in [7, 11) is -2.02. The average molecular weight is 612 g/mol. The Morgan fingerprint density at radius 1 is 1.20 bits per heavy atom. The molecular weight excluding hydrogens is 579 g/mol. The quantitative estimate of drug-likeness (QED) is 0.357. The monoisotopic (exact) mass is 611 g/mol. The predicted molar refractivity (Wildman–Crippen MR) is 151 cm³/mol. The summed E-state index contributed by atoms with van der Waals surface area (Å²) in [5.74, 6) is -0.306. The number of nitrogens with zero attached hydrogens (tertiary/aromatic N) is 2. The summed E-state index contributed by atoms with van der Waals surface area (Å²) in [5, 5.41) is 11.5. The van der Waals surface area contributed by atoms with Crippen LogP contribution in [0.4, 0.5) is 18.9 Å². The summed E-state index contributed by atoms with van der Waals surface area (Å²) >= 11 is 1.07. The molecule has 13 heteroatoms. The van der Waals surface area contributed by atoms with E-state index in [1.807, 2.05) is 18.9 Å². The third kappa shape index (κ3) is 7.39. The number of carbonyl (C=O) groups is 1. The summed E-state index contributed by atoms with van der Waals surface area (Å²) in [6.45, 7) is 4.42. The predicted octanol–water partition coefficient (Wildman–Crippen LogP) is 4.92. The van der Waals surface area contributed by atoms with Gasteiger partial charge in [0, 0.05) is 31.2 Å². The van der Waals surface area contributed by atoms with Crippen molar-refractivity contribution >= 4 is 33.0 Å². The topological polar surface area (TPSA) is 99.2 Å². The Hall–Kier alpha value is -3.13. The Balaban J connectivity index is 1.58. The molecule has 2 aromatic carbocycles. The molecule has 0 fully saturated rings. The van der Waals surface area contributed by atoms with Gasteiger partial charge in [-0.05, 0) is 61.3 Å². The molecule has 1 amide bonds. The van der Waals surface area contributed by atoms with Crippen molar-refractivity contribution in [2.24, 2.45) is 5.92 Å². The number of halogens is 3. The first-order valence-electron chi connectivity index (χ1n) is 12.9. The summed E-state index contributed by atoms with van der Waals surface area (Å²) in [5.41, 5.74) is 0.333. The lowest BCUT2D eigenvalue weighted by atomic mass is 9.99. The van der Waals surface area contributed by atoms with E-state index in [-0.39, 0.29) is 40.3 Å². The lowest BCUT2D eigenvalue weighted by Crippen LogP contribution is -2.49. The number of sulfonamides is 1. The van der Waals surface area contributed by atoms with E-state index in [1.165, 1.54) is 30.3 Å². The summed E-state index contributed by atoms with van der Waals surface area (Å²) < 4.78 is 73.3. The number of aliphatic hydroxyl groups excluding tert-OH is 1. The van der Waals surface area contributed by atoms with Crippen LogP contribution in [0.2, 0.25) is 0 Å². The van der Waals surface area contributed by atoms with Crippen LogP contribution in [0.1, 0.15) is 35.3 Å². The van der Waals surface area contributed by atoms with Crippen LogP contribution >= 0.6 is 11.3 Å². The molecule has 2 N–H and O–H groups in total. The highest BCUT2D eigenvalue weighted by atomic mass is 32.2. The minimum atomic E-state index is -4.40. The van der Waals surface area contributed by atoms with Gasteiger partial charge in [0.1, 0.15) is 16.1 Å². The number of alkyl halides is 3. The minimum absolute atomic E-state index is 0.132. The number of aliphatic hydroxyl groups is 1. The molecule has 0 saturated heterocycles. The lowest BCUT2D eigenvalue weighted by molar-refractivity contribution is -0.137. The van der Waals surface area contributed by atoms with Gasteiger partial charge in [0.2, 0.25) is 0 Å². The number of benzene rings is 2. The molecule has 0 spiro atoms. The van der Waals surface area contributed by atoms with Crippen LogP contribution in [0.5, 0.6) is 5.75 Å². The van der Waals surface area contributed by atoms with E-state index in [0.29, 0.717) is 18.7 Å². The molecular formula is C28H32F3N3O5S2. The van der Waals surface area contributed by atoms with Crippen LogP contribution in [-0.4, -0.2) is 68.1 Å². The SMILES string of the molecule is C[C@H]1CN([C@@H](C)CO)C(=O)c2cc(NS(=O)(=O)c3cccs3)ccc2O[C@H]1CN(C)Cc1ccc(C(F)(F)F)cc1. The number of amides is 1. The molecule has 0 saturated carbocycles. The van der Waals surface area contributed by atoms with E-state index in [1.54, 1.807) is 29.3 Å². The van der Waals surface area contributed by atoms with Crippen molar-refractivity contribution in [3.05, 3.63) is 76.7 Å². The molecule has 41 heavy (non-hydrogen) atoms. The van der Waals surface area contributed by atoms with E-state index in [0.717, 1.165) is 23.5 Å². The zero-order chi connectivity index (χ0) is 29.9. The maximum Gasteiger partial charge on any atom is 0.416 e. The zero-order valence-corrected chi connectivity index (χ0v) is 24.4. The maximum absolute atomic E-state index is 13.6. The standard InChI is InChI=1S/C28H32F3N3O5S2/c1-18-14-34(19(2)17-35)27(36)23-13-22(32-41(37,38)26-5-4-12-40-26)10-11-24(23)39-25(18)16-33(3)15-20-6-8-21(9-7-20)28(29,30)31/h4-13,18-19,25,32,35H,14-17H2,1-3H3/t18-,19-,25-/m0/s1. The van der Waals surface area contributed by atoms with Gasteiger partial charge in [-0.25, -0.2) is 8.42 Å². The number of hydrogen-bond donors (Lipinski definition) is 2. The number of likely N-dealkylation sites (N-methyl/N-ethyl adjacent to an activating group) is 1. The number of thiophene rings is 1. The molecule has 222 valence electrons. The van der Waals surface area contributed by atoms with E-state index in [2.05, 4.69) is 4.72 Å². The number of carbonyl (C=O) groups excluding carboxylic acids is 1. The van der Waals surface area contributed by atoms with Gasteiger partial charge in [-0.1, -0.05) is 25.1 Å². The largest absolute Gasteiger partial charge is 0.488 e. The highest BCUT2D eigenvalue weighted by Crippen LogP contribution is 2.32. The van der Waals surface area contributed by atoms with Crippen molar-refractivity contribution in [1.29, 1.82) is 0 Å². The first-order valence-corrected chi connectivity index (χ1v) is 15.3. The summed E-state index contributed by atoms with van der Waals surface area (Å²) in [6, 6.07) is 12.1. The van der Waals surface area contributed by atoms with Gasteiger partial charge >= 0.3 is 6.18 Å². The molecule has 8 nitrogen and oxygen atoms in total. The van der Waals surface area contributed by atoms with Gasteiger partial charge in [0.15, 0.2) is 0 Å². The summed E-state index contributed by atoms with van der Waals surface area (Å²) in [4.78, 5) is 17.1. The number of fused-ring (bicyclic) bond motifs is 1. The van der Waals surface area contributed by atoms with Crippen LogP contribution in [-0.2, 0) is 22.7 Å². The van der Waals surface area contributed by atoms with E-state index in [4.69, 9.17) is 4.74 Å². The Bertz CT molecular complexity index is 1450. The van der Waals surface area contributed by atoms with Gasteiger partial charge in [-0.2, -0.15) is 13.2 Å². The molecule has 1 aliphatic rings. The second-order valence-corrected chi connectivity index (χ2v) is 13.1. The number of anilines is 1. The molecule has 0 bridgehead atoms. The maximum atomic E-state index is 13.6. The summed E-state index contributed by atoms with van der Waals surface area (Å²) in [6.07, 6.45) is -4.83. The first-order chi connectivity index (χ1) is 19.3. The molecule has 3 atom stereocenters. The van der Waals surface area contributed by atoms with Gasteiger partial charge in [-0.3, -0.25) is 14.4 Å². The number of rotatable bonds is 9. The Morgan fingerprint density at radius 3 is 2.51 bits per heavy atom. The number of nitrogens with one attached hydrogen (secondary N) is 1. The van der Waals surface area contributed by atoms with Crippen LogP contribution in [0.3, 0.4) is 0 Å². The number of hydrogen-bond acceptors (Lipinski definition) is 7. The second-order valence-electron chi connectivity index (χ2n) is 10.3. The molecule has 1 aromatic heterocycles. The van der Waals surface area contributed by atoms with Crippen molar-refractivity contribution in [2.45, 2.75) is 42.9 Å². The number of ether oxygens (including phenoxy) is 1. The van der Waals surface area contributed by atoms with Crippen molar-refractivity contribution < 1.29 is 36.2 Å². The highest BCUT2D eigenvalue weighted by molar-refractivity contribution is 7.94. The molecule has 0 unspecified atom stereocenters. The van der Waals surface area contributed by atoms with Gasteiger partial charge in [0.05, 0.1) is 23.8 Å². The molecule has 2 heterocycles. The van der Waals surface area contributed by atoms with Crippen molar-refractivity contribution in [3.8, 4) is 5.75 Å². The third-order valence-electron chi connectivity index (χ3n) is 6.90. The molecule has 3 aromatic rings. The second kappa shape index (κ2) is 12.4. The van der Waals surface area contributed by atoms with Gasteiger partial charge < -0.3 is 14.7 Å². The van der Waals surface area contributed by atoms with Crippen molar-refractivity contribution in [3.63, 3.8) is 0 Å². The third-order valence-corrected chi connectivity index (χ3v) is 9.68.